The van der Waals surface area contributed by atoms with Crippen LogP contribution in [0.1, 0.15) is 15.4 Å². The molecule has 1 aliphatic rings. The number of thiazole rings is 1. The second-order valence-corrected chi connectivity index (χ2v) is 6.43. The third kappa shape index (κ3) is 2.63. The second kappa shape index (κ2) is 5.58. The van der Waals surface area contributed by atoms with Crippen LogP contribution in [-0.2, 0) is 0 Å². The Morgan fingerprint density at radius 1 is 1.43 bits per heavy atom. The van der Waals surface area contributed by atoms with E-state index in [9.17, 15) is 4.79 Å². The number of rotatable bonds is 4. The van der Waals surface area contributed by atoms with Gasteiger partial charge in [-0.05, 0) is 19.1 Å². The van der Waals surface area contributed by atoms with Crippen LogP contribution in [0.25, 0.3) is 5.65 Å². The van der Waals surface area contributed by atoms with Crippen molar-refractivity contribution in [2.45, 2.75) is 6.92 Å². The molecule has 0 atom stereocenters. The van der Waals surface area contributed by atoms with Gasteiger partial charge < -0.3 is 10.2 Å². The van der Waals surface area contributed by atoms with Crippen molar-refractivity contribution in [2.24, 2.45) is 5.92 Å². The molecule has 0 radical (unpaired) electrons. The fraction of sp³-hybridized carbons (Fsp3) is 0.357. The minimum absolute atomic E-state index is 0.0347. The van der Waals surface area contributed by atoms with Gasteiger partial charge in [-0.25, -0.2) is 4.98 Å². The van der Waals surface area contributed by atoms with Gasteiger partial charge in [0, 0.05) is 25.6 Å². The van der Waals surface area contributed by atoms with Crippen molar-refractivity contribution in [3.8, 4) is 0 Å². The van der Waals surface area contributed by atoms with E-state index in [1.807, 2.05) is 19.1 Å². The van der Waals surface area contributed by atoms with Gasteiger partial charge in [0.05, 0.1) is 11.2 Å². The molecule has 1 saturated heterocycles. The van der Waals surface area contributed by atoms with E-state index in [1.165, 1.54) is 11.3 Å². The third-order valence-corrected chi connectivity index (χ3v) is 4.86. The minimum atomic E-state index is -0.0347. The van der Waals surface area contributed by atoms with Crippen LogP contribution in [0.3, 0.4) is 0 Å². The van der Waals surface area contributed by atoms with Crippen LogP contribution in [-0.4, -0.2) is 50.3 Å². The number of aromatic nitrogens is 5. The van der Waals surface area contributed by atoms with Crippen LogP contribution >= 0.6 is 11.3 Å². The average molecular weight is 329 g/mol. The highest BCUT2D eigenvalue weighted by molar-refractivity contribution is 7.11. The van der Waals surface area contributed by atoms with E-state index in [1.54, 1.807) is 16.4 Å². The number of hydrogen-bond donors (Lipinski definition) is 1. The van der Waals surface area contributed by atoms with Crippen LogP contribution in [0, 0.1) is 12.8 Å². The molecule has 4 rings (SSSR count). The maximum atomic E-state index is 12.1. The smallest absolute Gasteiger partial charge is 0.263 e. The zero-order valence-electron chi connectivity index (χ0n) is 12.5. The molecule has 4 heterocycles. The maximum Gasteiger partial charge on any atom is 0.263 e. The lowest BCUT2D eigenvalue weighted by atomic mass is 10.0. The number of amides is 1. The first-order chi connectivity index (χ1) is 11.2. The molecule has 23 heavy (non-hydrogen) atoms. The van der Waals surface area contributed by atoms with Crippen molar-refractivity contribution in [3.63, 3.8) is 0 Å². The van der Waals surface area contributed by atoms with E-state index in [0.29, 0.717) is 17.3 Å². The lowest BCUT2D eigenvalue weighted by Crippen LogP contribution is -2.52. The van der Waals surface area contributed by atoms with Crippen LogP contribution in [0.15, 0.2) is 24.0 Å². The molecule has 118 valence electrons. The molecule has 1 amide bonds. The molecule has 9 heteroatoms. The summed E-state index contributed by atoms with van der Waals surface area (Å²) in [5.74, 6) is 1.30. The fourth-order valence-electron chi connectivity index (χ4n) is 2.61. The molecule has 3 aromatic heterocycles. The Bertz CT molecular complexity index is 852. The summed E-state index contributed by atoms with van der Waals surface area (Å²) in [7, 11) is 0. The Morgan fingerprint density at radius 3 is 3.09 bits per heavy atom. The van der Waals surface area contributed by atoms with Gasteiger partial charge in [-0.1, -0.05) is 0 Å². The van der Waals surface area contributed by atoms with Crippen LogP contribution < -0.4 is 10.2 Å². The second-order valence-electron chi connectivity index (χ2n) is 5.57. The average Bonchev–Trinajstić information content (AvgIpc) is 3.13. The standard InChI is InChI=1S/C14H15N7OS/c1-9-13(23-8-16-9)14(22)15-4-10-5-20(6-10)12-3-2-11-18-17-7-21(11)19-12/h2-3,7-8,10H,4-6H2,1H3,(H,15,22). The molecule has 0 saturated carbocycles. The summed E-state index contributed by atoms with van der Waals surface area (Å²) in [4.78, 5) is 19.0. The lowest BCUT2D eigenvalue weighted by Gasteiger charge is -2.40. The molecule has 0 aromatic carbocycles. The molecule has 1 N–H and O–H groups in total. The monoisotopic (exact) mass is 329 g/mol. The lowest BCUT2D eigenvalue weighted by molar-refractivity contribution is 0.0948. The quantitative estimate of drug-likeness (QED) is 0.760. The number of nitrogens with zero attached hydrogens (tertiary/aromatic N) is 6. The van der Waals surface area contributed by atoms with E-state index in [2.05, 4.69) is 30.5 Å². The highest BCUT2D eigenvalue weighted by Gasteiger charge is 2.28. The molecule has 1 aliphatic heterocycles. The van der Waals surface area contributed by atoms with Crippen molar-refractivity contribution >= 4 is 28.7 Å². The fourth-order valence-corrected chi connectivity index (χ4v) is 3.33. The van der Waals surface area contributed by atoms with Gasteiger partial charge in [0.2, 0.25) is 0 Å². The van der Waals surface area contributed by atoms with Gasteiger partial charge in [0.15, 0.2) is 5.65 Å². The van der Waals surface area contributed by atoms with Gasteiger partial charge in [-0.3, -0.25) is 4.79 Å². The molecule has 0 bridgehead atoms. The normalized spacial score (nSPS) is 14.9. The summed E-state index contributed by atoms with van der Waals surface area (Å²) in [6.45, 7) is 4.27. The number of carbonyl (C=O) groups excluding carboxylic acids is 1. The SMILES string of the molecule is Cc1ncsc1C(=O)NCC1CN(c2ccc3nncn3n2)C1. The number of carbonyl (C=O) groups is 1. The van der Waals surface area contributed by atoms with E-state index >= 15 is 0 Å². The van der Waals surface area contributed by atoms with E-state index in [0.717, 1.165) is 30.2 Å². The topological polar surface area (TPSA) is 88.3 Å². The van der Waals surface area contributed by atoms with E-state index in [4.69, 9.17) is 0 Å². The van der Waals surface area contributed by atoms with Crippen molar-refractivity contribution in [1.82, 2.24) is 30.1 Å². The Balaban J connectivity index is 1.31. The number of nitrogens with one attached hydrogen (secondary N) is 1. The summed E-state index contributed by atoms with van der Waals surface area (Å²) >= 11 is 1.38. The van der Waals surface area contributed by atoms with Crippen molar-refractivity contribution < 1.29 is 4.79 Å². The van der Waals surface area contributed by atoms with Crippen LogP contribution in [0.2, 0.25) is 0 Å². The van der Waals surface area contributed by atoms with Gasteiger partial charge in [0.1, 0.15) is 17.0 Å². The summed E-state index contributed by atoms with van der Waals surface area (Å²) < 4.78 is 1.66. The van der Waals surface area contributed by atoms with Gasteiger partial charge in [0.25, 0.3) is 5.91 Å². The predicted octanol–water partition coefficient (Wildman–Crippen LogP) is 0.755. The molecular formula is C14H15N7OS. The van der Waals surface area contributed by atoms with Gasteiger partial charge in [-0.15, -0.1) is 26.6 Å². The number of anilines is 1. The Hall–Kier alpha value is -2.55. The molecule has 0 spiro atoms. The summed E-state index contributed by atoms with van der Waals surface area (Å²) in [6.07, 6.45) is 1.59. The van der Waals surface area contributed by atoms with Crippen LogP contribution in [0.5, 0.6) is 0 Å². The Morgan fingerprint density at radius 2 is 2.30 bits per heavy atom. The summed E-state index contributed by atoms with van der Waals surface area (Å²) in [5.41, 5.74) is 3.22. The third-order valence-electron chi connectivity index (χ3n) is 3.93. The number of aryl methyl sites for hydroxylation is 1. The predicted molar refractivity (Wildman–Crippen MR) is 85.7 cm³/mol. The van der Waals surface area contributed by atoms with Crippen LogP contribution in [0.4, 0.5) is 5.82 Å². The van der Waals surface area contributed by atoms with Gasteiger partial charge in [-0.2, -0.15) is 4.52 Å². The van der Waals surface area contributed by atoms with E-state index in [-0.39, 0.29) is 5.91 Å². The van der Waals surface area contributed by atoms with Gasteiger partial charge >= 0.3 is 0 Å². The van der Waals surface area contributed by atoms with E-state index < -0.39 is 0 Å². The summed E-state index contributed by atoms with van der Waals surface area (Å²) in [6, 6.07) is 3.84. The molecule has 3 aromatic rings. The maximum absolute atomic E-state index is 12.1. The Labute approximate surface area is 136 Å². The summed E-state index contributed by atoms with van der Waals surface area (Å²) in [5, 5.41) is 15.2. The molecule has 8 nitrogen and oxygen atoms in total. The van der Waals surface area contributed by atoms with Crippen molar-refractivity contribution in [2.75, 3.05) is 24.5 Å². The zero-order chi connectivity index (χ0) is 15.8. The number of fused-ring (bicyclic) bond motifs is 1. The number of hydrogen-bond acceptors (Lipinski definition) is 7. The highest BCUT2D eigenvalue weighted by atomic mass is 32.1. The largest absolute Gasteiger partial charge is 0.354 e. The highest BCUT2D eigenvalue weighted by Crippen LogP contribution is 2.22. The van der Waals surface area contributed by atoms with Crippen molar-refractivity contribution in [3.05, 3.63) is 34.5 Å². The minimum Gasteiger partial charge on any atom is -0.354 e. The molecule has 0 aliphatic carbocycles. The molecule has 0 unspecified atom stereocenters. The zero-order valence-corrected chi connectivity index (χ0v) is 13.3. The molecule has 1 fully saturated rings. The Kier molecular flexibility index (Phi) is 3.41. The first-order valence-corrected chi connectivity index (χ1v) is 8.19. The first kappa shape index (κ1) is 14.1. The first-order valence-electron chi connectivity index (χ1n) is 7.31. The van der Waals surface area contributed by atoms with Crippen molar-refractivity contribution in [1.29, 1.82) is 0 Å². The molecular weight excluding hydrogens is 314 g/mol.